The Hall–Kier alpha value is -1.99. The number of rotatable bonds is 2. The van der Waals surface area contributed by atoms with Crippen LogP contribution < -0.4 is 4.65 Å². The molecule has 7 heteroatoms. The van der Waals surface area contributed by atoms with Crippen molar-refractivity contribution in [3.05, 3.63) is 29.8 Å². The van der Waals surface area contributed by atoms with Gasteiger partial charge in [-0.3, -0.25) is 0 Å². The summed E-state index contributed by atoms with van der Waals surface area (Å²) in [5, 5.41) is 18.7. The molecule has 0 saturated carbocycles. The summed E-state index contributed by atoms with van der Waals surface area (Å²) in [6, 6.07) is 7.03. The lowest BCUT2D eigenvalue weighted by atomic mass is 10.2. The maximum absolute atomic E-state index is 12.3. The number of nitrogens with zero attached hydrogens (tertiary/aromatic N) is 1. The maximum Gasteiger partial charge on any atom is 0.708 e. The van der Waals surface area contributed by atoms with Crippen LogP contribution >= 0.6 is 0 Å². The van der Waals surface area contributed by atoms with Crippen LogP contribution in [0, 0.1) is 6.92 Å². The summed E-state index contributed by atoms with van der Waals surface area (Å²) in [5.74, 6) is 0.0138. The van der Waals surface area contributed by atoms with Crippen molar-refractivity contribution in [1.29, 1.82) is 0 Å². The minimum atomic E-state index is -2.02. The van der Waals surface area contributed by atoms with Crippen molar-refractivity contribution in [1.82, 2.24) is 4.57 Å². The second-order valence-corrected chi connectivity index (χ2v) is 5.80. The summed E-state index contributed by atoms with van der Waals surface area (Å²) in [6.07, 6.45) is -0.642. The van der Waals surface area contributed by atoms with Gasteiger partial charge in [-0.25, -0.2) is 9.36 Å². The third kappa shape index (κ3) is 3.56. The van der Waals surface area contributed by atoms with Gasteiger partial charge in [0.2, 0.25) is 0 Å². The molecule has 0 atom stereocenters. The Morgan fingerprint density at radius 2 is 1.90 bits per heavy atom. The van der Waals surface area contributed by atoms with Crippen molar-refractivity contribution < 1.29 is 24.2 Å². The van der Waals surface area contributed by atoms with Crippen LogP contribution in [0.3, 0.4) is 0 Å². The Balaban J connectivity index is 2.54. The molecule has 1 aromatic carbocycles. The van der Waals surface area contributed by atoms with Gasteiger partial charge in [-0.15, -0.1) is 0 Å². The Kier molecular flexibility index (Phi) is 3.98. The highest BCUT2D eigenvalue weighted by atomic mass is 16.6. The lowest BCUT2D eigenvalue weighted by Crippen LogP contribution is -2.29. The van der Waals surface area contributed by atoms with Crippen molar-refractivity contribution in [2.24, 2.45) is 0 Å². The van der Waals surface area contributed by atoms with Crippen molar-refractivity contribution >= 4 is 24.3 Å². The van der Waals surface area contributed by atoms with Gasteiger partial charge in [-0.2, -0.15) is 0 Å². The van der Waals surface area contributed by atoms with Crippen LogP contribution in [0.4, 0.5) is 4.79 Å². The molecule has 0 radical (unpaired) electrons. The number of carbonyl (C=O) groups excluding carboxylic acids is 1. The highest BCUT2D eigenvalue weighted by Gasteiger charge is 2.25. The lowest BCUT2D eigenvalue weighted by Gasteiger charge is -2.20. The molecule has 0 aliphatic heterocycles. The molecule has 21 heavy (non-hydrogen) atoms. The van der Waals surface area contributed by atoms with Gasteiger partial charge in [-0.1, -0.05) is 11.6 Å². The second-order valence-electron chi connectivity index (χ2n) is 5.80. The monoisotopic (exact) mass is 291 g/mol. The fraction of sp³-hybridized carbons (Fsp3) is 0.357. The summed E-state index contributed by atoms with van der Waals surface area (Å²) >= 11 is 0. The zero-order chi connectivity index (χ0) is 15.8. The van der Waals surface area contributed by atoms with E-state index in [1.165, 1.54) is 4.57 Å². The summed E-state index contributed by atoms with van der Waals surface area (Å²) in [6.45, 7) is 7.18. The smallest absolute Gasteiger partial charge is 0.498 e. The van der Waals surface area contributed by atoms with Gasteiger partial charge in [-0.05, 0) is 39.8 Å². The van der Waals surface area contributed by atoms with Gasteiger partial charge in [0, 0.05) is 11.5 Å². The number of aryl methyl sites for hydroxylation is 1. The van der Waals surface area contributed by atoms with Gasteiger partial charge in [0.1, 0.15) is 5.60 Å². The third-order valence-corrected chi connectivity index (χ3v) is 2.73. The topological polar surface area (TPSA) is 80.9 Å². The normalized spacial score (nSPS) is 11.5. The van der Waals surface area contributed by atoms with Crippen molar-refractivity contribution in [3.63, 3.8) is 0 Å². The summed E-state index contributed by atoms with van der Waals surface area (Å²) in [7, 11) is -2.02. The Bertz CT molecular complexity index is 672. The molecule has 0 spiro atoms. The molecule has 2 N–H and O–H groups in total. The van der Waals surface area contributed by atoms with Gasteiger partial charge < -0.3 is 19.4 Å². The predicted molar refractivity (Wildman–Crippen MR) is 79.1 cm³/mol. The zero-order valence-electron chi connectivity index (χ0n) is 12.5. The number of ether oxygens (including phenoxy) is 1. The number of benzene rings is 1. The first kappa shape index (κ1) is 15.4. The lowest BCUT2D eigenvalue weighted by molar-refractivity contribution is 0.0535. The molecule has 0 aliphatic carbocycles. The number of hydrogen-bond donors (Lipinski definition) is 2. The molecule has 0 bridgehead atoms. The number of hydrogen-bond acceptors (Lipinski definition) is 5. The highest BCUT2D eigenvalue weighted by Crippen LogP contribution is 2.28. The predicted octanol–water partition coefficient (Wildman–Crippen LogP) is 2.08. The molecule has 2 rings (SSSR count). The fourth-order valence-electron chi connectivity index (χ4n) is 2.00. The van der Waals surface area contributed by atoms with E-state index in [-0.39, 0.29) is 5.88 Å². The zero-order valence-corrected chi connectivity index (χ0v) is 12.5. The summed E-state index contributed by atoms with van der Waals surface area (Å²) < 4.78 is 11.4. The van der Waals surface area contributed by atoms with Crippen LogP contribution in [0.2, 0.25) is 0 Å². The van der Waals surface area contributed by atoms with Gasteiger partial charge in [0.25, 0.3) is 0 Å². The van der Waals surface area contributed by atoms with Crippen LogP contribution in [0.1, 0.15) is 26.3 Å². The highest BCUT2D eigenvalue weighted by molar-refractivity contribution is 6.33. The molecule has 0 saturated heterocycles. The third-order valence-electron chi connectivity index (χ3n) is 2.73. The summed E-state index contributed by atoms with van der Waals surface area (Å²) in [5.41, 5.74) is 0.915. The van der Waals surface area contributed by atoms with Crippen LogP contribution in [0.15, 0.2) is 24.3 Å². The van der Waals surface area contributed by atoms with E-state index < -0.39 is 19.0 Å². The molecule has 1 aromatic heterocycles. The molecule has 0 aliphatic rings. The first-order valence-electron chi connectivity index (χ1n) is 6.55. The van der Waals surface area contributed by atoms with E-state index in [0.29, 0.717) is 5.52 Å². The van der Waals surface area contributed by atoms with Crippen molar-refractivity contribution in [2.45, 2.75) is 33.3 Å². The minimum absolute atomic E-state index is 0.0138. The molecule has 6 nitrogen and oxygen atoms in total. The largest absolute Gasteiger partial charge is 0.708 e. The van der Waals surface area contributed by atoms with Crippen LogP contribution in [0.25, 0.3) is 10.9 Å². The molecule has 1 heterocycles. The molecule has 0 fully saturated rings. The van der Waals surface area contributed by atoms with Crippen LogP contribution in [-0.4, -0.2) is 33.6 Å². The van der Waals surface area contributed by atoms with Gasteiger partial charge in [0.15, 0.2) is 5.88 Å². The van der Waals surface area contributed by atoms with E-state index in [1.54, 1.807) is 32.9 Å². The number of carbonyl (C=O) groups is 1. The number of fused-ring (bicyclic) bond motifs is 1. The Morgan fingerprint density at radius 1 is 1.24 bits per heavy atom. The first-order valence-corrected chi connectivity index (χ1v) is 6.55. The Labute approximate surface area is 123 Å². The summed E-state index contributed by atoms with van der Waals surface area (Å²) in [4.78, 5) is 12.3. The maximum atomic E-state index is 12.3. The van der Waals surface area contributed by atoms with Crippen molar-refractivity contribution in [2.75, 3.05) is 0 Å². The molecule has 2 aromatic rings. The molecular weight excluding hydrogens is 273 g/mol. The van der Waals surface area contributed by atoms with Gasteiger partial charge in [0.05, 0.1) is 5.52 Å². The van der Waals surface area contributed by atoms with E-state index in [0.717, 1.165) is 10.9 Å². The van der Waals surface area contributed by atoms with E-state index in [1.807, 2.05) is 19.1 Å². The van der Waals surface area contributed by atoms with Crippen LogP contribution in [0.5, 0.6) is 5.88 Å². The van der Waals surface area contributed by atoms with E-state index in [4.69, 9.17) is 19.4 Å². The van der Waals surface area contributed by atoms with Crippen molar-refractivity contribution in [3.8, 4) is 5.88 Å². The molecule has 112 valence electrons. The average Bonchev–Trinajstić information content (AvgIpc) is 2.62. The molecule has 0 unspecified atom stereocenters. The Morgan fingerprint density at radius 3 is 2.48 bits per heavy atom. The molecule has 0 amide bonds. The first-order chi connectivity index (χ1) is 9.67. The fourth-order valence-corrected chi connectivity index (χ4v) is 2.00. The molecular formula is C14H18BNO5. The van der Waals surface area contributed by atoms with E-state index >= 15 is 0 Å². The SMILES string of the molecule is Cc1ccc2c(c1)cc(OB(O)O)n2C(=O)OC(C)(C)C. The van der Waals surface area contributed by atoms with E-state index in [9.17, 15) is 4.79 Å². The van der Waals surface area contributed by atoms with Gasteiger partial charge >= 0.3 is 13.4 Å². The second kappa shape index (κ2) is 5.42. The minimum Gasteiger partial charge on any atom is -0.498 e. The van der Waals surface area contributed by atoms with E-state index in [2.05, 4.69) is 0 Å². The quantitative estimate of drug-likeness (QED) is 0.828. The average molecular weight is 291 g/mol. The van der Waals surface area contributed by atoms with Crippen LogP contribution in [-0.2, 0) is 4.74 Å². The number of aromatic nitrogens is 1. The standard InChI is InChI=1S/C14H18BNO5/c1-9-5-6-11-10(7-9)8-12(21-15(18)19)16(11)13(17)20-14(2,3)4/h5-8,18-19H,1-4H3.